The van der Waals surface area contributed by atoms with Gasteiger partial charge in [0.15, 0.2) is 0 Å². The Morgan fingerprint density at radius 2 is 1.81 bits per heavy atom. The van der Waals surface area contributed by atoms with Crippen molar-refractivity contribution in [3.05, 3.63) is 46.7 Å². The first kappa shape index (κ1) is 19.5. The maximum atomic E-state index is 13.2. The molecule has 4 heteroatoms. The second kappa shape index (κ2) is 7.06. The second-order valence-electron chi connectivity index (χ2n) is 8.85. The van der Waals surface area contributed by atoms with E-state index in [9.17, 15) is 9.59 Å². The molecule has 2 aliphatic rings. The third-order valence-corrected chi connectivity index (χ3v) is 5.45. The Labute approximate surface area is 161 Å². The monoisotopic (exact) mass is 367 g/mol. The molecule has 0 spiro atoms. The molecule has 4 nitrogen and oxygen atoms in total. The number of carbonyl (C=O) groups is 2. The summed E-state index contributed by atoms with van der Waals surface area (Å²) in [5.41, 5.74) is 4.09. The van der Waals surface area contributed by atoms with Crippen molar-refractivity contribution in [3.63, 3.8) is 0 Å². The lowest BCUT2D eigenvalue weighted by Crippen LogP contribution is -2.44. The zero-order chi connectivity index (χ0) is 19.9. The number of nitrogens with zero attached hydrogens (tertiary/aromatic N) is 1. The molecule has 3 rings (SSSR count). The Balaban J connectivity index is 2.19. The molecule has 1 aromatic rings. The Morgan fingerprint density at radius 1 is 1.15 bits per heavy atom. The second-order valence-corrected chi connectivity index (χ2v) is 8.85. The van der Waals surface area contributed by atoms with E-state index in [1.54, 1.807) is 0 Å². The van der Waals surface area contributed by atoms with Crippen molar-refractivity contribution in [2.45, 2.75) is 66.4 Å². The lowest BCUT2D eigenvalue weighted by atomic mass is 9.63. The molecule has 1 aliphatic carbocycles. The lowest BCUT2D eigenvalue weighted by molar-refractivity contribution is -0.143. The van der Waals surface area contributed by atoms with Crippen LogP contribution in [-0.4, -0.2) is 23.6 Å². The van der Waals surface area contributed by atoms with Crippen LogP contribution in [0.25, 0.3) is 0 Å². The van der Waals surface area contributed by atoms with Gasteiger partial charge in [-0.1, -0.05) is 38.1 Å². The summed E-state index contributed by atoms with van der Waals surface area (Å²) in [6.45, 7) is 11.8. The Morgan fingerprint density at radius 3 is 2.44 bits per heavy atom. The summed E-state index contributed by atoms with van der Waals surface area (Å²) < 4.78 is 5.53. The third kappa shape index (κ3) is 3.76. The molecule has 1 saturated carbocycles. The molecule has 0 radical (unpaired) electrons. The fourth-order valence-corrected chi connectivity index (χ4v) is 4.41. The fraction of sp³-hybridized carbons (Fsp3) is 0.522. The predicted molar refractivity (Wildman–Crippen MR) is 107 cm³/mol. The molecule has 1 aliphatic heterocycles. The highest BCUT2D eigenvalue weighted by molar-refractivity contribution is 6.12. The van der Waals surface area contributed by atoms with Crippen molar-refractivity contribution in [2.75, 3.05) is 0 Å². The van der Waals surface area contributed by atoms with Gasteiger partial charge in [-0.3, -0.25) is 9.79 Å². The molecule has 0 N–H and O–H groups in total. The number of hydrogen-bond acceptors (Lipinski definition) is 4. The molecule has 1 heterocycles. The number of fused-ring (bicyclic) bond motifs is 1. The number of Topliss-reactive ketones (excluding diaryl/α,β-unsaturated/α-hetero) is 1. The van der Waals surface area contributed by atoms with Crippen LogP contribution in [0, 0.1) is 18.3 Å². The van der Waals surface area contributed by atoms with Gasteiger partial charge in [-0.05, 0) is 50.7 Å². The first-order valence-corrected chi connectivity index (χ1v) is 9.68. The van der Waals surface area contributed by atoms with Crippen LogP contribution in [0.1, 0.15) is 64.5 Å². The summed E-state index contributed by atoms with van der Waals surface area (Å²) in [4.78, 5) is 30.9. The Kier molecular flexibility index (Phi) is 5.11. The van der Waals surface area contributed by atoms with E-state index in [2.05, 4.69) is 13.8 Å². The molecule has 27 heavy (non-hydrogen) atoms. The average molecular weight is 367 g/mol. The van der Waals surface area contributed by atoms with Gasteiger partial charge in [0.2, 0.25) is 0 Å². The van der Waals surface area contributed by atoms with Crippen molar-refractivity contribution in [3.8, 4) is 0 Å². The minimum Gasteiger partial charge on any atom is -0.460 e. The van der Waals surface area contributed by atoms with E-state index in [0.29, 0.717) is 17.7 Å². The first-order chi connectivity index (χ1) is 12.6. The van der Waals surface area contributed by atoms with E-state index in [4.69, 9.17) is 9.73 Å². The Bertz CT molecular complexity index is 845. The quantitative estimate of drug-likeness (QED) is 0.724. The number of benzene rings is 1. The van der Waals surface area contributed by atoms with Crippen molar-refractivity contribution in [1.82, 2.24) is 0 Å². The van der Waals surface area contributed by atoms with Crippen LogP contribution in [0.4, 0.5) is 0 Å². The van der Waals surface area contributed by atoms with E-state index in [1.165, 1.54) is 0 Å². The van der Waals surface area contributed by atoms with Gasteiger partial charge >= 0.3 is 5.97 Å². The largest absolute Gasteiger partial charge is 0.460 e. The number of allylic oxidation sites excluding steroid dienone is 1. The number of aliphatic imine (C=N–C) groups is 1. The third-order valence-electron chi connectivity index (χ3n) is 5.45. The van der Waals surface area contributed by atoms with Crippen LogP contribution in [0.15, 0.2) is 40.5 Å². The van der Waals surface area contributed by atoms with Crippen LogP contribution < -0.4 is 0 Å². The van der Waals surface area contributed by atoms with Gasteiger partial charge in [0.1, 0.15) is 5.78 Å². The highest BCUT2D eigenvalue weighted by Crippen LogP contribution is 2.47. The molecule has 1 aromatic carbocycles. The van der Waals surface area contributed by atoms with Gasteiger partial charge in [-0.2, -0.15) is 0 Å². The lowest BCUT2D eigenvalue weighted by Gasteiger charge is -2.41. The topological polar surface area (TPSA) is 55.7 Å². The van der Waals surface area contributed by atoms with Crippen LogP contribution in [0.5, 0.6) is 0 Å². The van der Waals surface area contributed by atoms with Gasteiger partial charge in [-0.25, -0.2) is 4.79 Å². The van der Waals surface area contributed by atoms with E-state index in [-0.39, 0.29) is 35.1 Å². The van der Waals surface area contributed by atoms with Crippen LogP contribution in [0.2, 0.25) is 0 Å². The van der Waals surface area contributed by atoms with Gasteiger partial charge in [-0.15, -0.1) is 0 Å². The number of aryl methyl sites for hydroxylation is 1. The number of carbonyl (C=O) groups excluding carboxylic acids is 2. The zero-order valence-corrected chi connectivity index (χ0v) is 17.1. The molecule has 2 atom stereocenters. The van der Waals surface area contributed by atoms with E-state index < -0.39 is 0 Å². The maximum absolute atomic E-state index is 13.2. The molecule has 0 saturated heterocycles. The summed E-state index contributed by atoms with van der Waals surface area (Å²) in [6.07, 6.45) is 1.06. The number of esters is 1. The van der Waals surface area contributed by atoms with Crippen molar-refractivity contribution in [2.24, 2.45) is 16.3 Å². The molecule has 0 amide bonds. The van der Waals surface area contributed by atoms with Gasteiger partial charge in [0.05, 0.1) is 17.6 Å². The number of ether oxygens (including phenoxy) is 1. The van der Waals surface area contributed by atoms with Crippen molar-refractivity contribution in [1.29, 1.82) is 0 Å². The number of hydrogen-bond donors (Lipinski definition) is 0. The minimum atomic E-state index is -0.377. The fourth-order valence-electron chi connectivity index (χ4n) is 4.41. The molecule has 0 bridgehead atoms. The van der Waals surface area contributed by atoms with Gasteiger partial charge in [0.25, 0.3) is 0 Å². The summed E-state index contributed by atoms with van der Waals surface area (Å²) in [7, 11) is 0. The smallest absolute Gasteiger partial charge is 0.336 e. The normalized spacial score (nSPS) is 24.6. The van der Waals surface area contributed by atoms with E-state index in [1.807, 2.05) is 52.0 Å². The van der Waals surface area contributed by atoms with Crippen molar-refractivity contribution < 1.29 is 14.3 Å². The summed E-state index contributed by atoms with van der Waals surface area (Å²) in [6, 6.07) is 7.99. The summed E-state index contributed by atoms with van der Waals surface area (Å²) in [5.74, 6) is -0.900. The van der Waals surface area contributed by atoms with Crippen LogP contribution >= 0.6 is 0 Å². The highest BCUT2D eigenvalue weighted by atomic mass is 16.5. The van der Waals surface area contributed by atoms with Crippen LogP contribution in [0.3, 0.4) is 0 Å². The Hall–Kier alpha value is -2.23. The molecule has 0 aromatic heterocycles. The number of rotatable bonds is 3. The van der Waals surface area contributed by atoms with E-state index in [0.717, 1.165) is 23.3 Å². The molecular formula is C23H29NO3. The summed E-state index contributed by atoms with van der Waals surface area (Å²) >= 11 is 0. The molecular weight excluding hydrogens is 338 g/mol. The SMILES string of the molecule is CC1=C(C(=O)OC(C)C)[C@H](c2ccccc2C)C2C(=O)CC(C)(C)CC2=N1. The standard InChI is InChI=1S/C23H29NO3/c1-13(2)27-22(26)19-15(4)24-17-11-23(5,6)12-18(25)21(17)20(19)16-10-8-7-9-14(16)3/h7-10,13,20-21H,11-12H2,1-6H3/t20-,21?/m0/s1. The van der Waals surface area contributed by atoms with Gasteiger partial charge < -0.3 is 4.74 Å². The first-order valence-electron chi connectivity index (χ1n) is 9.68. The molecule has 144 valence electrons. The maximum Gasteiger partial charge on any atom is 0.336 e. The van der Waals surface area contributed by atoms with Crippen molar-refractivity contribution >= 4 is 17.5 Å². The summed E-state index contributed by atoms with van der Waals surface area (Å²) in [5, 5.41) is 0. The molecule has 1 fully saturated rings. The van der Waals surface area contributed by atoms with Crippen LogP contribution in [-0.2, 0) is 14.3 Å². The minimum absolute atomic E-state index is 0.0983. The molecule has 1 unspecified atom stereocenters. The predicted octanol–water partition coefficient (Wildman–Crippen LogP) is 4.76. The average Bonchev–Trinajstić information content (AvgIpc) is 2.51. The number of ketones is 1. The van der Waals surface area contributed by atoms with Gasteiger partial charge in [0, 0.05) is 23.7 Å². The van der Waals surface area contributed by atoms with E-state index >= 15 is 0 Å². The highest BCUT2D eigenvalue weighted by Gasteiger charge is 2.48. The zero-order valence-electron chi connectivity index (χ0n) is 17.1.